The number of hydrogen-bond donors (Lipinski definition) is 1. The van der Waals surface area contributed by atoms with Gasteiger partial charge in [-0.2, -0.15) is 0 Å². The Bertz CT molecular complexity index is 216. The fraction of sp³-hybridized carbons (Fsp3) is 1.00. The Morgan fingerprint density at radius 1 is 1.11 bits per heavy atom. The summed E-state index contributed by atoms with van der Waals surface area (Å²) in [5.41, 5.74) is 0. The zero-order chi connectivity index (χ0) is 13.9. The second-order valence-electron chi connectivity index (χ2n) is 5.04. The first-order valence-corrected chi connectivity index (χ1v) is 7.32. The average Bonchev–Trinajstić information content (AvgIpc) is 2.43. The molecule has 1 fully saturated rings. The van der Waals surface area contributed by atoms with Crippen LogP contribution in [0, 0.1) is 5.92 Å². The molecule has 114 valence electrons. The molecule has 2 atom stereocenters. The van der Waals surface area contributed by atoms with E-state index in [1.54, 1.807) is 7.11 Å². The quantitative estimate of drug-likeness (QED) is 0.597. The summed E-state index contributed by atoms with van der Waals surface area (Å²) < 4.78 is 15.7. The number of aliphatic hydroxyl groups excluding tert-OH is 1. The predicted molar refractivity (Wildman–Crippen MR) is 74.4 cm³/mol. The maximum Gasteiger partial charge on any atom is 0.0701 e. The van der Waals surface area contributed by atoms with E-state index in [4.69, 9.17) is 14.2 Å². The maximum absolute atomic E-state index is 9.81. The van der Waals surface area contributed by atoms with Crippen LogP contribution in [0.2, 0.25) is 0 Å². The van der Waals surface area contributed by atoms with Gasteiger partial charge in [0.25, 0.3) is 0 Å². The summed E-state index contributed by atoms with van der Waals surface area (Å²) in [6.45, 7) is 8.32. The molecule has 0 aromatic rings. The fourth-order valence-corrected chi connectivity index (χ4v) is 2.36. The molecule has 0 aromatic carbocycles. The Kier molecular flexibility index (Phi) is 9.38. The SMILES string of the molecule is CCC1CN(CCOCCOCCOC)CCC1O. The van der Waals surface area contributed by atoms with E-state index < -0.39 is 0 Å². The van der Waals surface area contributed by atoms with Gasteiger partial charge in [0.1, 0.15) is 0 Å². The molecule has 0 radical (unpaired) electrons. The number of aliphatic hydroxyl groups is 1. The van der Waals surface area contributed by atoms with E-state index >= 15 is 0 Å². The first kappa shape index (κ1) is 16.9. The van der Waals surface area contributed by atoms with Crippen molar-refractivity contribution in [3.63, 3.8) is 0 Å². The van der Waals surface area contributed by atoms with E-state index in [9.17, 15) is 5.11 Å². The van der Waals surface area contributed by atoms with Gasteiger partial charge in [0.15, 0.2) is 0 Å². The molecular formula is C14H29NO4. The molecule has 0 amide bonds. The lowest BCUT2D eigenvalue weighted by atomic mass is 9.92. The zero-order valence-electron chi connectivity index (χ0n) is 12.3. The van der Waals surface area contributed by atoms with Crippen LogP contribution in [0.15, 0.2) is 0 Å². The van der Waals surface area contributed by atoms with Crippen molar-refractivity contribution in [1.82, 2.24) is 4.90 Å². The highest BCUT2D eigenvalue weighted by Gasteiger charge is 2.25. The highest BCUT2D eigenvalue weighted by molar-refractivity contribution is 4.78. The van der Waals surface area contributed by atoms with Crippen LogP contribution in [0.4, 0.5) is 0 Å². The molecule has 1 aliphatic heterocycles. The molecule has 0 spiro atoms. The molecule has 0 aromatic heterocycles. The molecule has 19 heavy (non-hydrogen) atoms. The Morgan fingerprint density at radius 3 is 2.47 bits per heavy atom. The smallest absolute Gasteiger partial charge is 0.0701 e. The highest BCUT2D eigenvalue weighted by Crippen LogP contribution is 2.19. The van der Waals surface area contributed by atoms with Crippen molar-refractivity contribution in [2.24, 2.45) is 5.92 Å². The van der Waals surface area contributed by atoms with Crippen LogP contribution in [-0.2, 0) is 14.2 Å². The Morgan fingerprint density at radius 2 is 1.79 bits per heavy atom. The Hall–Kier alpha value is -0.200. The summed E-state index contributed by atoms with van der Waals surface area (Å²) in [6.07, 6.45) is 1.82. The Labute approximate surface area is 116 Å². The van der Waals surface area contributed by atoms with Crippen LogP contribution in [-0.4, -0.2) is 75.9 Å². The van der Waals surface area contributed by atoms with Crippen LogP contribution in [0.3, 0.4) is 0 Å². The first-order chi connectivity index (χ1) is 9.27. The third-order valence-electron chi connectivity index (χ3n) is 3.66. The molecule has 1 N–H and O–H groups in total. The molecule has 1 rings (SSSR count). The average molecular weight is 275 g/mol. The van der Waals surface area contributed by atoms with Gasteiger partial charge in [-0.1, -0.05) is 6.92 Å². The van der Waals surface area contributed by atoms with Crippen molar-refractivity contribution in [3.8, 4) is 0 Å². The van der Waals surface area contributed by atoms with Crippen LogP contribution in [0.5, 0.6) is 0 Å². The van der Waals surface area contributed by atoms with Crippen LogP contribution >= 0.6 is 0 Å². The number of methoxy groups -OCH3 is 1. The number of nitrogens with zero attached hydrogens (tertiary/aromatic N) is 1. The summed E-state index contributed by atoms with van der Waals surface area (Å²) in [7, 11) is 1.67. The molecular weight excluding hydrogens is 246 g/mol. The summed E-state index contributed by atoms with van der Waals surface area (Å²) >= 11 is 0. The fourth-order valence-electron chi connectivity index (χ4n) is 2.36. The van der Waals surface area contributed by atoms with Crippen molar-refractivity contribution >= 4 is 0 Å². The summed E-state index contributed by atoms with van der Waals surface area (Å²) in [5, 5.41) is 9.81. The largest absolute Gasteiger partial charge is 0.393 e. The van der Waals surface area contributed by atoms with Crippen LogP contribution in [0.25, 0.3) is 0 Å². The lowest BCUT2D eigenvalue weighted by Crippen LogP contribution is -2.44. The minimum absolute atomic E-state index is 0.114. The molecule has 1 heterocycles. The first-order valence-electron chi connectivity index (χ1n) is 7.32. The van der Waals surface area contributed by atoms with E-state index in [2.05, 4.69) is 11.8 Å². The van der Waals surface area contributed by atoms with Gasteiger partial charge in [0.2, 0.25) is 0 Å². The minimum Gasteiger partial charge on any atom is -0.393 e. The molecule has 0 bridgehead atoms. The topological polar surface area (TPSA) is 51.2 Å². The Balaban J connectivity index is 1.95. The molecule has 0 saturated carbocycles. The van der Waals surface area contributed by atoms with E-state index in [0.29, 0.717) is 32.3 Å². The van der Waals surface area contributed by atoms with Gasteiger partial charge < -0.3 is 24.2 Å². The van der Waals surface area contributed by atoms with E-state index in [0.717, 1.165) is 39.1 Å². The van der Waals surface area contributed by atoms with Crippen molar-refractivity contribution in [2.75, 3.05) is 59.8 Å². The van der Waals surface area contributed by atoms with Gasteiger partial charge in [-0.15, -0.1) is 0 Å². The van der Waals surface area contributed by atoms with Gasteiger partial charge >= 0.3 is 0 Å². The summed E-state index contributed by atoms with van der Waals surface area (Å²) in [4.78, 5) is 2.38. The van der Waals surface area contributed by atoms with Crippen LogP contribution < -0.4 is 0 Å². The molecule has 1 aliphatic rings. The normalized spacial score (nSPS) is 24.8. The summed E-state index contributed by atoms with van der Waals surface area (Å²) in [6, 6.07) is 0. The molecule has 2 unspecified atom stereocenters. The van der Waals surface area contributed by atoms with Gasteiger partial charge in [0.05, 0.1) is 39.1 Å². The molecule has 0 aliphatic carbocycles. The summed E-state index contributed by atoms with van der Waals surface area (Å²) in [5.74, 6) is 0.422. The van der Waals surface area contributed by atoms with E-state index in [-0.39, 0.29) is 6.10 Å². The van der Waals surface area contributed by atoms with Crippen LogP contribution in [0.1, 0.15) is 19.8 Å². The molecule has 5 heteroatoms. The number of hydrogen-bond acceptors (Lipinski definition) is 5. The monoisotopic (exact) mass is 275 g/mol. The highest BCUT2D eigenvalue weighted by atomic mass is 16.5. The van der Waals surface area contributed by atoms with Crippen molar-refractivity contribution in [1.29, 1.82) is 0 Å². The standard InChI is InChI=1S/C14H29NO4/c1-3-13-12-15(5-4-14(13)16)6-7-18-10-11-19-9-8-17-2/h13-14,16H,3-12H2,1-2H3. The lowest BCUT2D eigenvalue weighted by molar-refractivity contribution is -0.00165. The second-order valence-corrected chi connectivity index (χ2v) is 5.04. The van der Waals surface area contributed by atoms with Crippen molar-refractivity contribution < 1.29 is 19.3 Å². The minimum atomic E-state index is -0.114. The number of rotatable bonds is 10. The van der Waals surface area contributed by atoms with Gasteiger partial charge in [0, 0.05) is 26.7 Å². The van der Waals surface area contributed by atoms with E-state index in [1.165, 1.54) is 0 Å². The third kappa shape index (κ3) is 7.22. The lowest BCUT2D eigenvalue weighted by Gasteiger charge is -2.35. The maximum atomic E-state index is 9.81. The van der Waals surface area contributed by atoms with Crippen molar-refractivity contribution in [2.45, 2.75) is 25.9 Å². The van der Waals surface area contributed by atoms with Gasteiger partial charge in [-0.05, 0) is 18.8 Å². The molecule has 1 saturated heterocycles. The predicted octanol–water partition coefficient (Wildman–Crippen LogP) is 0.759. The number of likely N-dealkylation sites (tertiary alicyclic amines) is 1. The van der Waals surface area contributed by atoms with Gasteiger partial charge in [-0.3, -0.25) is 0 Å². The van der Waals surface area contributed by atoms with Gasteiger partial charge in [-0.25, -0.2) is 0 Å². The number of ether oxygens (including phenoxy) is 3. The molecule has 5 nitrogen and oxygen atoms in total. The number of piperidine rings is 1. The van der Waals surface area contributed by atoms with E-state index in [1.807, 2.05) is 0 Å². The van der Waals surface area contributed by atoms with Crippen molar-refractivity contribution in [3.05, 3.63) is 0 Å². The second kappa shape index (κ2) is 10.6. The third-order valence-corrected chi connectivity index (χ3v) is 3.66. The zero-order valence-corrected chi connectivity index (χ0v) is 12.3.